The van der Waals surface area contributed by atoms with Crippen LogP contribution in [0.4, 0.5) is 5.69 Å². The molecule has 3 N–H and O–H groups in total. The molecule has 0 radical (unpaired) electrons. The highest BCUT2D eigenvalue weighted by Gasteiger charge is 2.29. The number of fused-ring (bicyclic) bond motifs is 1. The number of benzene rings is 1. The van der Waals surface area contributed by atoms with Gasteiger partial charge in [0.2, 0.25) is 5.91 Å². The molecule has 1 heterocycles. The van der Waals surface area contributed by atoms with Gasteiger partial charge in [-0.2, -0.15) is 0 Å². The molecule has 2 rings (SSSR count). The van der Waals surface area contributed by atoms with Crippen molar-refractivity contribution in [2.24, 2.45) is 0 Å². The van der Waals surface area contributed by atoms with Gasteiger partial charge in [-0.1, -0.05) is 6.08 Å². The van der Waals surface area contributed by atoms with Crippen LogP contribution in [0.3, 0.4) is 0 Å². The van der Waals surface area contributed by atoms with Crippen LogP contribution in [0.25, 0.3) is 5.57 Å². The van der Waals surface area contributed by atoms with Crippen LogP contribution >= 0.6 is 0 Å². The molecule has 1 aromatic carbocycles. The summed E-state index contributed by atoms with van der Waals surface area (Å²) in [5.41, 5.74) is 6.36. The van der Waals surface area contributed by atoms with E-state index in [4.69, 9.17) is 4.74 Å². The minimum absolute atomic E-state index is 0.188. The van der Waals surface area contributed by atoms with Crippen molar-refractivity contribution in [2.75, 3.05) is 12.4 Å². The van der Waals surface area contributed by atoms with Crippen LogP contribution in [0.2, 0.25) is 0 Å². The number of anilines is 1. The fraction of sp³-hybridized carbons (Fsp3) is 0.353. The topological polar surface area (TPSA) is 96.5 Å². The number of allylic oxidation sites excluding steroid dienone is 1. The Kier molecular flexibility index (Phi) is 4.64. The van der Waals surface area contributed by atoms with Gasteiger partial charge in [0.15, 0.2) is 0 Å². The summed E-state index contributed by atoms with van der Waals surface area (Å²) in [4.78, 5) is 35.4. The quantitative estimate of drug-likeness (QED) is 0.445. The highest BCUT2D eigenvalue weighted by atomic mass is 16.5. The van der Waals surface area contributed by atoms with Crippen LogP contribution in [0.5, 0.6) is 5.75 Å². The summed E-state index contributed by atoms with van der Waals surface area (Å²) in [6.07, 6.45) is 2.04. The molecule has 0 spiro atoms. The number of carbonyl (C=O) groups excluding carboxylic acids is 3. The van der Waals surface area contributed by atoms with Crippen LogP contribution in [-0.2, 0) is 9.59 Å². The molecular weight excluding hydrogens is 310 g/mol. The van der Waals surface area contributed by atoms with Crippen molar-refractivity contribution in [1.29, 1.82) is 0 Å². The molecule has 0 saturated carbocycles. The number of hydrazine groups is 1. The largest absolute Gasteiger partial charge is 0.497 e. The fourth-order valence-corrected chi connectivity index (χ4v) is 2.66. The number of ether oxygens (including phenoxy) is 1. The standard InChI is InChI=1S/C17H21N3O4/c1-9-8-17(3,4)18-14-12(9)6-11(24-5)7-13(14)15(22)16(23)20-19-10(2)21/h6-8,18H,1-5H3,(H,19,21)(H,20,23). The lowest BCUT2D eigenvalue weighted by molar-refractivity contribution is -0.125. The van der Waals surface area contributed by atoms with Crippen molar-refractivity contribution in [3.8, 4) is 5.75 Å². The molecule has 24 heavy (non-hydrogen) atoms. The van der Waals surface area contributed by atoms with E-state index >= 15 is 0 Å². The van der Waals surface area contributed by atoms with Crippen LogP contribution in [0.1, 0.15) is 43.6 Å². The van der Waals surface area contributed by atoms with Crippen LogP contribution in [0.15, 0.2) is 18.2 Å². The summed E-state index contributed by atoms with van der Waals surface area (Å²) in [7, 11) is 1.49. The molecule has 0 fully saturated rings. The van der Waals surface area contributed by atoms with Gasteiger partial charge in [-0.05, 0) is 38.5 Å². The maximum absolute atomic E-state index is 12.5. The number of ketones is 1. The number of hydrogen-bond donors (Lipinski definition) is 3. The molecular formula is C17H21N3O4. The van der Waals surface area contributed by atoms with Gasteiger partial charge in [0, 0.05) is 12.5 Å². The average molecular weight is 331 g/mol. The number of Topliss-reactive ketones (excluding diaryl/α,β-unsaturated/α-hetero) is 1. The van der Waals surface area contributed by atoms with Crippen molar-refractivity contribution >= 4 is 28.9 Å². The second-order valence-electron chi connectivity index (χ2n) is 6.24. The lowest BCUT2D eigenvalue weighted by atomic mass is 9.88. The molecule has 1 aliphatic heterocycles. The van der Waals surface area contributed by atoms with Crippen molar-refractivity contribution < 1.29 is 19.1 Å². The number of methoxy groups -OCH3 is 1. The number of carbonyl (C=O) groups is 3. The summed E-state index contributed by atoms with van der Waals surface area (Å²) >= 11 is 0. The maximum Gasteiger partial charge on any atom is 0.310 e. The minimum Gasteiger partial charge on any atom is -0.497 e. The van der Waals surface area contributed by atoms with Gasteiger partial charge in [0.05, 0.1) is 23.9 Å². The van der Waals surface area contributed by atoms with Crippen molar-refractivity contribution in [1.82, 2.24) is 10.9 Å². The Bertz CT molecular complexity index is 750. The Hall–Kier alpha value is -2.83. The van der Waals surface area contributed by atoms with Gasteiger partial charge in [0.1, 0.15) is 5.75 Å². The predicted molar refractivity (Wildman–Crippen MR) is 90.6 cm³/mol. The van der Waals surface area contributed by atoms with E-state index in [-0.39, 0.29) is 11.1 Å². The summed E-state index contributed by atoms with van der Waals surface area (Å²) in [6.45, 7) is 7.10. The Morgan fingerprint density at radius 2 is 1.83 bits per heavy atom. The Labute approximate surface area is 140 Å². The molecule has 0 aromatic heterocycles. The zero-order valence-electron chi connectivity index (χ0n) is 14.4. The number of nitrogens with one attached hydrogen (secondary N) is 3. The zero-order chi connectivity index (χ0) is 18.1. The summed E-state index contributed by atoms with van der Waals surface area (Å²) in [5.74, 6) is -1.69. The molecule has 0 atom stereocenters. The minimum atomic E-state index is -0.924. The number of rotatable bonds is 3. The third-order valence-corrected chi connectivity index (χ3v) is 3.60. The van der Waals surface area contributed by atoms with Crippen LogP contribution in [0, 0.1) is 0 Å². The molecule has 0 aliphatic carbocycles. The van der Waals surface area contributed by atoms with E-state index in [9.17, 15) is 14.4 Å². The first-order valence-electron chi connectivity index (χ1n) is 7.46. The highest BCUT2D eigenvalue weighted by Crippen LogP contribution is 2.38. The smallest absolute Gasteiger partial charge is 0.310 e. The van der Waals surface area contributed by atoms with Gasteiger partial charge in [-0.3, -0.25) is 25.2 Å². The van der Waals surface area contributed by atoms with E-state index in [2.05, 4.69) is 16.2 Å². The summed E-state index contributed by atoms with van der Waals surface area (Å²) < 4.78 is 5.24. The molecule has 0 saturated heterocycles. The lowest BCUT2D eigenvalue weighted by Gasteiger charge is -2.33. The van der Waals surface area contributed by atoms with Crippen LogP contribution in [-0.4, -0.2) is 30.2 Å². The molecule has 1 aromatic rings. The van der Waals surface area contributed by atoms with Crippen molar-refractivity contribution in [3.05, 3.63) is 29.3 Å². The molecule has 1 aliphatic rings. The van der Waals surface area contributed by atoms with Gasteiger partial charge < -0.3 is 10.1 Å². The molecule has 7 nitrogen and oxygen atoms in total. The SMILES string of the molecule is COc1cc(C(=O)C(=O)NNC(C)=O)c2c(c1)C(C)=CC(C)(C)N2. The molecule has 0 bridgehead atoms. The molecule has 0 unspecified atom stereocenters. The second kappa shape index (κ2) is 6.35. The van der Waals surface area contributed by atoms with Crippen molar-refractivity contribution in [2.45, 2.75) is 33.2 Å². The average Bonchev–Trinajstić information content (AvgIpc) is 2.50. The molecule has 7 heteroatoms. The van der Waals surface area contributed by atoms with Gasteiger partial charge in [0.25, 0.3) is 5.78 Å². The first-order chi connectivity index (χ1) is 11.1. The van der Waals surface area contributed by atoms with Gasteiger partial charge in [-0.25, -0.2) is 0 Å². The van der Waals surface area contributed by atoms with E-state index in [1.165, 1.54) is 20.1 Å². The lowest BCUT2D eigenvalue weighted by Crippen LogP contribution is -2.44. The first-order valence-corrected chi connectivity index (χ1v) is 7.46. The monoisotopic (exact) mass is 331 g/mol. The zero-order valence-corrected chi connectivity index (χ0v) is 14.4. The normalized spacial score (nSPS) is 14.6. The molecule has 128 valence electrons. The van der Waals surface area contributed by atoms with Crippen LogP contribution < -0.4 is 20.9 Å². The molecule has 2 amide bonds. The summed E-state index contributed by atoms with van der Waals surface area (Å²) in [6, 6.07) is 3.32. The maximum atomic E-state index is 12.5. The van der Waals surface area contributed by atoms with E-state index < -0.39 is 17.6 Å². The van der Waals surface area contributed by atoms with E-state index in [0.29, 0.717) is 11.4 Å². The van der Waals surface area contributed by atoms with Gasteiger partial charge >= 0.3 is 5.91 Å². The van der Waals surface area contributed by atoms with E-state index in [1.807, 2.05) is 32.9 Å². The second-order valence-corrected chi connectivity index (χ2v) is 6.24. The third kappa shape index (κ3) is 3.56. The van der Waals surface area contributed by atoms with Crippen molar-refractivity contribution in [3.63, 3.8) is 0 Å². The Morgan fingerprint density at radius 3 is 2.42 bits per heavy atom. The van der Waals surface area contributed by atoms with Gasteiger partial charge in [-0.15, -0.1) is 0 Å². The third-order valence-electron chi connectivity index (χ3n) is 3.60. The number of hydrogen-bond acceptors (Lipinski definition) is 5. The highest BCUT2D eigenvalue weighted by molar-refractivity contribution is 6.44. The first kappa shape index (κ1) is 17.5. The fourth-order valence-electron chi connectivity index (χ4n) is 2.66. The Morgan fingerprint density at radius 1 is 1.17 bits per heavy atom. The van der Waals surface area contributed by atoms with E-state index in [0.717, 1.165) is 11.1 Å². The summed E-state index contributed by atoms with van der Waals surface area (Å²) in [5, 5.41) is 3.27. The Balaban J connectivity index is 2.49. The predicted octanol–water partition coefficient (Wildman–Crippen LogP) is 1.65. The number of amides is 2. The van der Waals surface area contributed by atoms with E-state index in [1.54, 1.807) is 0 Å².